The molecule has 0 saturated heterocycles. The highest BCUT2D eigenvalue weighted by molar-refractivity contribution is 6.42. The SMILES string of the molecule is O=C(Cc1ccc(Cc2cccc(F)c2)o1)C(=O)c1nc[nH]n1. The van der Waals surface area contributed by atoms with Crippen molar-refractivity contribution in [3.05, 3.63) is 71.5 Å². The molecular formula is C16H12FN3O3. The van der Waals surface area contributed by atoms with E-state index in [1.807, 2.05) is 0 Å². The van der Waals surface area contributed by atoms with Gasteiger partial charge in [-0.2, -0.15) is 0 Å². The quantitative estimate of drug-likeness (QED) is 0.556. The van der Waals surface area contributed by atoms with Crippen LogP contribution >= 0.6 is 0 Å². The third-order valence-electron chi connectivity index (χ3n) is 3.19. The molecule has 0 radical (unpaired) electrons. The minimum absolute atomic E-state index is 0.165. The maximum atomic E-state index is 13.1. The van der Waals surface area contributed by atoms with Crippen LogP contribution in [0.2, 0.25) is 0 Å². The van der Waals surface area contributed by atoms with E-state index >= 15 is 0 Å². The number of aromatic amines is 1. The van der Waals surface area contributed by atoms with Crippen molar-refractivity contribution in [2.45, 2.75) is 12.8 Å². The molecule has 6 nitrogen and oxygen atoms in total. The van der Waals surface area contributed by atoms with Gasteiger partial charge in [0.1, 0.15) is 23.7 Å². The molecule has 0 unspecified atom stereocenters. The monoisotopic (exact) mass is 313 g/mol. The number of furan rings is 1. The predicted octanol–water partition coefficient (Wildman–Crippen LogP) is 2.12. The first-order valence-corrected chi connectivity index (χ1v) is 6.87. The fourth-order valence-electron chi connectivity index (χ4n) is 2.14. The summed E-state index contributed by atoms with van der Waals surface area (Å²) in [5.41, 5.74) is 0.758. The van der Waals surface area contributed by atoms with Gasteiger partial charge in [-0.05, 0) is 29.8 Å². The fourth-order valence-corrected chi connectivity index (χ4v) is 2.14. The first kappa shape index (κ1) is 14.8. The number of halogens is 1. The highest BCUT2D eigenvalue weighted by atomic mass is 19.1. The van der Waals surface area contributed by atoms with E-state index in [9.17, 15) is 14.0 Å². The lowest BCUT2D eigenvalue weighted by Gasteiger charge is -1.99. The number of hydrogen-bond donors (Lipinski definition) is 1. The highest BCUT2D eigenvalue weighted by Gasteiger charge is 2.21. The van der Waals surface area contributed by atoms with E-state index in [0.717, 1.165) is 5.56 Å². The lowest BCUT2D eigenvalue weighted by atomic mass is 10.1. The molecule has 1 N–H and O–H groups in total. The Bertz CT molecular complexity index is 840. The molecule has 23 heavy (non-hydrogen) atoms. The lowest BCUT2D eigenvalue weighted by molar-refractivity contribution is -0.114. The van der Waals surface area contributed by atoms with Crippen molar-refractivity contribution in [2.24, 2.45) is 0 Å². The molecule has 1 aromatic carbocycles. The molecule has 116 valence electrons. The van der Waals surface area contributed by atoms with Crippen LogP contribution in [-0.4, -0.2) is 26.7 Å². The van der Waals surface area contributed by atoms with Crippen LogP contribution in [0.25, 0.3) is 0 Å². The molecule has 2 aromatic heterocycles. The first-order valence-electron chi connectivity index (χ1n) is 6.87. The molecule has 0 spiro atoms. The average molecular weight is 313 g/mol. The number of carbonyl (C=O) groups excluding carboxylic acids is 2. The van der Waals surface area contributed by atoms with Gasteiger partial charge in [-0.3, -0.25) is 14.7 Å². The third kappa shape index (κ3) is 3.57. The highest BCUT2D eigenvalue weighted by Crippen LogP contribution is 2.15. The normalized spacial score (nSPS) is 10.7. The average Bonchev–Trinajstić information content (AvgIpc) is 3.18. The van der Waals surface area contributed by atoms with Crippen molar-refractivity contribution in [2.75, 3.05) is 0 Å². The number of nitrogens with one attached hydrogen (secondary N) is 1. The van der Waals surface area contributed by atoms with Crippen LogP contribution in [0.5, 0.6) is 0 Å². The van der Waals surface area contributed by atoms with Crippen LogP contribution in [0, 0.1) is 5.82 Å². The van der Waals surface area contributed by atoms with E-state index in [2.05, 4.69) is 15.2 Å². The summed E-state index contributed by atoms with van der Waals surface area (Å²) in [7, 11) is 0. The van der Waals surface area contributed by atoms with Crippen molar-refractivity contribution >= 4 is 11.6 Å². The summed E-state index contributed by atoms with van der Waals surface area (Å²) in [6, 6.07) is 9.50. The van der Waals surface area contributed by atoms with Gasteiger partial charge in [0.15, 0.2) is 0 Å². The zero-order valence-electron chi connectivity index (χ0n) is 12.0. The van der Waals surface area contributed by atoms with Gasteiger partial charge < -0.3 is 4.42 Å². The van der Waals surface area contributed by atoms with Crippen molar-refractivity contribution in [1.82, 2.24) is 15.2 Å². The number of aromatic nitrogens is 3. The number of hydrogen-bond acceptors (Lipinski definition) is 5. The Hall–Kier alpha value is -3.09. The Morgan fingerprint density at radius 1 is 1.17 bits per heavy atom. The summed E-state index contributed by atoms with van der Waals surface area (Å²) in [5, 5.41) is 5.95. The van der Waals surface area contributed by atoms with Gasteiger partial charge in [-0.15, -0.1) is 5.10 Å². The molecule has 0 saturated carbocycles. The Morgan fingerprint density at radius 3 is 2.74 bits per heavy atom. The van der Waals surface area contributed by atoms with E-state index < -0.39 is 11.6 Å². The minimum atomic E-state index is -0.769. The summed E-state index contributed by atoms with van der Waals surface area (Å²) in [4.78, 5) is 27.3. The van der Waals surface area contributed by atoms with Gasteiger partial charge in [0.2, 0.25) is 11.6 Å². The smallest absolute Gasteiger partial charge is 0.268 e. The fraction of sp³-hybridized carbons (Fsp3) is 0.125. The molecule has 0 aliphatic carbocycles. The molecule has 0 fully saturated rings. The van der Waals surface area contributed by atoms with Gasteiger partial charge in [-0.25, -0.2) is 9.37 Å². The predicted molar refractivity (Wildman–Crippen MR) is 77.3 cm³/mol. The lowest BCUT2D eigenvalue weighted by Crippen LogP contribution is -2.17. The summed E-state index contributed by atoms with van der Waals surface area (Å²) < 4.78 is 18.7. The Labute approximate surface area is 130 Å². The molecule has 3 rings (SSSR count). The van der Waals surface area contributed by atoms with Gasteiger partial charge in [-0.1, -0.05) is 12.1 Å². The van der Waals surface area contributed by atoms with Crippen LogP contribution in [0.15, 0.2) is 47.1 Å². The zero-order valence-corrected chi connectivity index (χ0v) is 12.0. The van der Waals surface area contributed by atoms with Crippen LogP contribution in [0.3, 0.4) is 0 Å². The van der Waals surface area contributed by atoms with Crippen LogP contribution in [-0.2, 0) is 17.6 Å². The van der Waals surface area contributed by atoms with E-state index in [0.29, 0.717) is 17.9 Å². The molecule has 0 amide bonds. The summed E-state index contributed by atoms with van der Waals surface area (Å²) in [6.45, 7) is 0. The number of carbonyl (C=O) groups is 2. The summed E-state index contributed by atoms with van der Waals surface area (Å²) in [6.07, 6.45) is 1.46. The van der Waals surface area contributed by atoms with Crippen LogP contribution in [0.1, 0.15) is 27.7 Å². The van der Waals surface area contributed by atoms with Gasteiger partial charge in [0.05, 0.1) is 6.42 Å². The van der Waals surface area contributed by atoms with E-state index in [4.69, 9.17) is 4.42 Å². The second-order valence-corrected chi connectivity index (χ2v) is 4.93. The second-order valence-electron chi connectivity index (χ2n) is 4.93. The molecule has 0 bridgehead atoms. The van der Waals surface area contributed by atoms with Crippen molar-refractivity contribution in [3.63, 3.8) is 0 Å². The summed E-state index contributed by atoms with van der Waals surface area (Å²) >= 11 is 0. The molecule has 0 aliphatic rings. The number of ketones is 2. The first-order chi connectivity index (χ1) is 11.1. The molecule has 2 heterocycles. The van der Waals surface area contributed by atoms with E-state index in [1.54, 1.807) is 24.3 Å². The largest absolute Gasteiger partial charge is 0.465 e. The van der Waals surface area contributed by atoms with Gasteiger partial charge >= 0.3 is 0 Å². The Morgan fingerprint density at radius 2 is 2.00 bits per heavy atom. The molecular weight excluding hydrogens is 301 g/mol. The third-order valence-corrected chi connectivity index (χ3v) is 3.19. The maximum absolute atomic E-state index is 13.1. The molecule has 0 aliphatic heterocycles. The number of nitrogens with zero attached hydrogens (tertiary/aromatic N) is 2. The van der Waals surface area contributed by atoms with Crippen LogP contribution in [0.4, 0.5) is 4.39 Å². The van der Waals surface area contributed by atoms with Gasteiger partial charge in [0.25, 0.3) is 5.78 Å². The number of H-pyrrole nitrogens is 1. The zero-order chi connectivity index (χ0) is 16.2. The van der Waals surface area contributed by atoms with E-state index in [1.165, 1.54) is 18.5 Å². The topological polar surface area (TPSA) is 88.9 Å². The second kappa shape index (κ2) is 6.35. The van der Waals surface area contributed by atoms with Crippen molar-refractivity contribution < 1.29 is 18.4 Å². The van der Waals surface area contributed by atoms with Crippen molar-refractivity contribution in [1.29, 1.82) is 0 Å². The van der Waals surface area contributed by atoms with Crippen LogP contribution < -0.4 is 0 Å². The summed E-state index contributed by atoms with van der Waals surface area (Å²) in [5.74, 6) is -0.956. The van der Waals surface area contributed by atoms with Crippen molar-refractivity contribution in [3.8, 4) is 0 Å². The Balaban J connectivity index is 1.65. The number of rotatable bonds is 6. The standard InChI is InChI=1S/C16H12FN3O3/c17-11-3-1-2-10(6-11)7-12-4-5-13(23-12)8-14(21)15(22)16-18-9-19-20-16/h1-6,9H,7-8H2,(H,18,19,20). The number of Topliss-reactive ketones (excluding diaryl/α,β-unsaturated/α-hetero) is 2. The molecule has 7 heteroatoms. The number of benzene rings is 1. The molecule has 0 atom stereocenters. The van der Waals surface area contributed by atoms with Gasteiger partial charge in [0, 0.05) is 6.42 Å². The maximum Gasteiger partial charge on any atom is 0.268 e. The minimum Gasteiger partial charge on any atom is -0.465 e. The Kier molecular flexibility index (Phi) is 4.09. The molecule has 3 aromatic rings. The van der Waals surface area contributed by atoms with E-state index in [-0.39, 0.29) is 18.1 Å².